The number of nitrogens with zero attached hydrogens (tertiary/aromatic N) is 1. The van der Waals surface area contributed by atoms with Gasteiger partial charge in [0, 0.05) is 19.0 Å². The molecule has 4 nitrogen and oxygen atoms in total. The number of carbonyl (C=O) groups is 2. The molecule has 0 radical (unpaired) electrons. The van der Waals surface area contributed by atoms with Gasteiger partial charge in [-0.3, -0.25) is 9.59 Å². The van der Waals surface area contributed by atoms with Crippen LogP contribution in [-0.2, 0) is 14.3 Å². The summed E-state index contributed by atoms with van der Waals surface area (Å²) in [5, 5.41) is 0. The van der Waals surface area contributed by atoms with Crippen LogP contribution in [-0.4, -0.2) is 36.5 Å². The van der Waals surface area contributed by atoms with E-state index >= 15 is 0 Å². The zero-order valence-electron chi connectivity index (χ0n) is 11.8. The van der Waals surface area contributed by atoms with E-state index in [1.807, 2.05) is 18.7 Å². The highest BCUT2D eigenvalue weighted by molar-refractivity contribution is 5.78. The quantitative estimate of drug-likeness (QED) is 0.684. The third kappa shape index (κ3) is 4.00. The van der Waals surface area contributed by atoms with Crippen molar-refractivity contribution in [2.75, 3.05) is 13.7 Å². The van der Waals surface area contributed by atoms with Gasteiger partial charge >= 0.3 is 5.97 Å². The van der Waals surface area contributed by atoms with Crippen molar-refractivity contribution in [3.63, 3.8) is 0 Å². The highest BCUT2D eigenvalue weighted by Crippen LogP contribution is 2.25. The van der Waals surface area contributed by atoms with Crippen LogP contribution in [0.25, 0.3) is 0 Å². The van der Waals surface area contributed by atoms with Gasteiger partial charge in [-0.05, 0) is 19.3 Å². The van der Waals surface area contributed by atoms with Crippen molar-refractivity contribution in [1.29, 1.82) is 0 Å². The molecule has 0 saturated heterocycles. The first-order chi connectivity index (χ1) is 8.60. The van der Waals surface area contributed by atoms with Crippen LogP contribution >= 0.6 is 0 Å². The molecule has 0 bridgehead atoms. The molecule has 1 amide bonds. The molecule has 0 aliphatic heterocycles. The SMILES string of the molecule is CCCC(=O)N(CC(C)C(=O)OC)C1CCCC1. The van der Waals surface area contributed by atoms with Crippen molar-refractivity contribution >= 4 is 11.9 Å². The molecule has 1 rings (SSSR count). The van der Waals surface area contributed by atoms with Gasteiger partial charge in [0.15, 0.2) is 0 Å². The van der Waals surface area contributed by atoms with E-state index in [2.05, 4.69) is 0 Å². The highest BCUT2D eigenvalue weighted by atomic mass is 16.5. The molecular formula is C14H25NO3. The maximum Gasteiger partial charge on any atom is 0.310 e. The smallest absolute Gasteiger partial charge is 0.310 e. The van der Waals surface area contributed by atoms with Crippen LogP contribution in [0, 0.1) is 5.92 Å². The Balaban J connectivity index is 2.64. The van der Waals surface area contributed by atoms with E-state index in [1.165, 1.54) is 20.0 Å². The monoisotopic (exact) mass is 255 g/mol. The van der Waals surface area contributed by atoms with Crippen molar-refractivity contribution < 1.29 is 14.3 Å². The summed E-state index contributed by atoms with van der Waals surface area (Å²) in [6, 6.07) is 0.330. The Morgan fingerprint density at radius 3 is 2.44 bits per heavy atom. The number of hydrogen-bond acceptors (Lipinski definition) is 3. The Morgan fingerprint density at radius 1 is 1.33 bits per heavy atom. The second-order valence-electron chi connectivity index (χ2n) is 5.16. The highest BCUT2D eigenvalue weighted by Gasteiger charge is 2.29. The second-order valence-corrected chi connectivity index (χ2v) is 5.16. The minimum absolute atomic E-state index is 0.181. The molecule has 1 aliphatic carbocycles. The van der Waals surface area contributed by atoms with Gasteiger partial charge in [0.25, 0.3) is 0 Å². The topological polar surface area (TPSA) is 46.6 Å². The van der Waals surface area contributed by atoms with Crippen molar-refractivity contribution in [3.05, 3.63) is 0 Å². The molecule has 18 heavy (non-hydrogen) atoms. The lowest BCUT2D eigenvalue weighted by Crippen LogP contribution is -2.43. The zero-order chi connectivity index (χ0) is 13.5. The molecule has 0 aromatic carbocycles. The number of ether oxygens (including phenoxy) is 1. The van der Waals surface area contributed by atoms with Crippen LogP contribution in [0.4, 0.5) is 0 Å². The van der Waals surface area contributed by atoms with Gasteiger partial charge in [0.1, 0.15) is 0 Å². The Bertz CT molecular complexity index is 285. The normalized spacial score (nSPS) is 17.5. The standard InChI is InChI=1S/C14H25NO3/c1-4-7-13(16)15(12-8-5-6-9-12)10-11(2)14(17)18-3/h11-12H,4-10H2,1-3H3. The van der Waals surface area contributed by atoms with E-state index in [1.54, 1.807) is 0 Å². The summed E-state index contributed by atoms with van der Waals surface area (Å²) in [4.78, 5) is 25.5. The van der Waals surface area contributed by atoms with Crippen LogP contribution < -0.4 is 0 Å². The van der Waals surface area contributed by atoms with E-state index in [0.717, 1.165) is 19.3 Å². The van der Waals surface area contributed by atoms with E-state index < -0.39 is 0 Å². The summed E-state index contributed by atoms with van der Waals surface area (Å²) in [7, 11) is 1.40. The van der Waals surface area contributed by atoms with Crippen LogP contribution in [0.2, 0.25) is 0 Å². The number of rotatable bonds is 6. The molecule has 1 aliphatic rings. The molecule has 0 aromatic rings. The van der Waals surface area contributed by atoms with E-state index in [-0.39, 0.29) is 17.8 Å². The molecule has 1 fully saturated rings. The van der Waals surface area contributed by atoms with E-state index in [4.69, 9.17) is 4.74 Å². The van der Waals surface area contributed by atoms with Gasteiger partial charge in [0.05, 0.1) is 13.0 Å². The summed E-state index contributed by atoms with van der Waals surface area (Å²) in [6.07, 6.45) is 5.95. The first-order valence-electron chi connectivity index (χ1n) is 6.97. The van der Waals surface area contributed by atoms with Crippen molar-refractivity contribution in [1.82, 2.24) is 4.90 Å². The lowest BCUT2D eigenvalue weighted by Gasteiger charge is -2.30. The van der Waals surface area contributed by atoms with Gasteiger partial charge in [-0.15, -0.1) is 0 Å². The van der Waals surface area contributed by atoms with Gasteiger partial charge in [0.2, 0.25) is 5.91 Å². The lowest BCUT2D eigenvalue weighted by molar-refractivity contribution is -0.147. The summed E-state index contributed by atoms with van der Waals surface area (Å²) in [6.45, 7) is 4.33. The fourth-order valence-electron chi connectivity index (χ4n) is 2.60. The second kappa shape index (κ2) is 7.39. The molecule has 0 heterocycles. The third-order valence-corrected chi connectivity index (χ3v) is 3.62. The molecule has 1 unspecified atom stereocenters. The maximum atomic E-state index is 12.2. The maximum absolute atomic E-state index is 12.2. The largest absolute Gasteiger partial charge is 0.469 e. The Labute approximate surface area is 110 Å². The fourth-order valence-corrected chi connectivity index (χ4v) is 2.60. The van der Waals surface area contributed by atoms with Crippen LogP contribution in [0.1, 0.15) is 52.4 Å². The summed E-state index contributed by atoms with van der Waals surface area (Å²) in [5.74, 6) is -0.293. The summed E-state index contributed by atoms with van der Waals surface area (Å²) in [5.41, 5.74) is 0. The molecule has 0 N–H and O–H groups in total. The third-order valence-electron chi connectivity index (χ3n) is 3.62. The minimum Gasteiger partial charge on any atom is -0.469 e. The zero-order valence-corrected chi connectivity index (χ0v) is 11.8. The molecule has 1 saturated carbocycles. The van der Waals surface area contributed by atoms with Gasteiger partial charge < -0.3 is 9.64 Å². The minimum atomic E-state index is -0.239. The van der Waals surface area contributed by atoms with E-state index in [0.29, 0.717) is 19.0 Å². The van der Waals surface area contributed by atoms with Crippen molar-refractivity contribution in [3.8, 4) is 0 Å². The molecule has 4 heteroatoms. The van der Waals surface area contributed by atoms with Crippen LogP contribution in [0.15, 0.2) is 0 Å². The Morgan fingerprint density at radius 2 is 1.94 bits per heavy atom. The molecule has 0 spiro atoms. The van der Waals surface area contributed by atoms with Crippen LogP contribution in [0.5, 0.6) is 0 Å². The predicted octanol–water partition coefficient (Wildman–Crippen LogP) is 2.37. The number of methoxy groups -OCH3 is 1. The average molecular weight is 255 g/mol. The Hall–Kier alpha value is -1.06. The van der Waals surface area contributed by atoms with Gasteiger partial charge in [-0.1, -0.05) is 26.7 Å². The van der Waals surface area contributed by atoms with E-state index in [9.17, 15) is 9.59 Å². The first-order valence-corrected chi connectivity index (χ1v) is 6.97. The van der Waals surface area contributed by atoms with Crippen molar-refractivity contribution in [2.24, 2.45) is 5.92 Å². The lowest BCUT2D eigenvalue weighted by atomic mass is 10.1. The molecular weight excluding hydrogens is 230 g/mol. The Kier molecular flexibility index (Phi) is 6.16. The molecule has 0 aromatic heterocycles. The van der Waals surface area contributed by atoms with Crippen LogP contribution in [0.3, 0.4) is 0 Å². The number of esters is 1. The van der Waals surface area contributed by atoms with Gasteiger partial charge in [-0.2, -0.15) is 0 Å². The molecule has 1 atom stereocenters. The molecule has 104 valence electrons. The van der Waals surface area contributed by atoms with Gasteiger partial charge in [-0.25, -0.2) is 0 Å². The van der Waals surface area contributed by atoms with Crippen molar-refractivity contribution in [2.45, 2.75) is 58.4 Å². The summed E-state index contributed by atoms with van der Waals surface area (Å²) >= 11 is 0. The number of amides is 1. The summed E-state index contributed by atoms with van der Waals surface area (Å²) < 4.78 is 4.74. The number of carbonyl (C=O) groups excluding carboxylic acids is 2. The predicted molar refractivity (Wildman–Crippen MR) is 70.1 cm³/mol. The number of hydrogen-bond donors (Lipinski definition) is 0. The average Bonchev–Trinajstić information content (AvgIpc) is 2.88. The fraction of sp³-hybridized carbons (Fsp3) is 0.857. The first kappa shape index (κ1) is 15.0.